The number of nitrogens with zero attached hydrogens (tertiary/aromatic N) is 6. The number of rotatable bonds is 6. The van der Waals surface area contributed by atoms with Crippen molar-refractivity contribution in [3.8, 4) is 0 Å². The van der Waals surface area contributed by atoms with Crippen LogP contribution in [0.5, 0.6) is 0 Å². The molecule has 3 aromatic rings. The van der Waals surface area contributed by atoms with Crippen LogP contribution in [-0.4, -0.2) is 64.0 Å². The SMILES string of the molecule is Cl.c1ccc(C(c2nnnn2CC2CCCO2)N2CCN(c3ccccc3)CC2)cc1. The fourth-order valence-corrected chi connectivity index (χ4v) is 4.55. The van der Waals surface area contributed by atoms with Gasteiger partial charge in [-0.3, -0.25) is 4.90 Å². The third-order valence-corrected chi connectivity index (χ3v) is 6.12. The molecule has 0 radical (unpaired) electrons. The van der Waals surface area contributed by atoms with E-state index in [1.54, 1.807) is 0 Å². The zero-order valence-corrected chi connectivity index (χ0v) is 18.4. The quantitative estimate of drug-likeness (QED) is 0.586. The molecule has 0 aliphatic carbocycles. The van der Waals surface area contributed by atoms with Gasteiger partial charge in [0, 0.05) is 38.5 Å². The van der Waals surface area contributed by atoms with Gasteiger partial charge in [0.05, 0.1) is 18.7 Å². The summed E-state index contributed by atoms with van der Waals surface area (Å²) < 4.78 is 7.79. The zero-order chi connectivity index (χ0) is 20.2. The second kappa shape index (κ2) is 10.2. The Hall–Kier alpha value is -2.48. The number of tetrazole rings is 1. The van der Waals surface area contributed by atoms with Crippen molar-refractivity contribution in [3.63, 3.8) is 0 Å². The maximum atomic E-state index is 5.84. The zero-order valence-electron chi connectivity index (χ0n) is 17.6. The normalized spacial score (nSPS) is 20.4. The number of hydrogen-bond acceptors (Lipinski definition) is 6. The van der Waals surface area contributed by atoms with Crippen LogP contribution in [0.1, 0.15) is 30.3 Å². The number of para-hydroxylation sites is 1. The number of benzene rings is 2. The van der Waals surface area contributed by atoms with Crippen LogP contribution in [-0.2, 0) is 11.3 Å². The van der Waals surface area contributed by atoms with Gasteiger partial charge in [0.2, 0.25) is 0 Å². The predicted molar refractivity (Wildman–Crippen MR) is 123 cm³/mol. The minimum absolute atomic E-state index is 0. The van der Waals surface area contributed by atoms with Crippen molar-refractivity contribution in [2.24, 2.45) is 0 Å². The van der Waals surface area contributed by atoms with Gasteiger partial charge in [-0.25, -0.2) is 4.68 Å². The van der Waals surface area contributed by atoms with E-state index in [0.717, 1.165) is 58.0 Å². The lowest BCUT2D eigenvalue weighted by molar-refractivity contribution is 0.0906. The van der Waals surface area contributed by atoms with E-state index in [1.807, 2.05) is 4.68 Å². The van der Waals surface area contributed by atoms with Crippen LogP contribution in [0.3, 0.4) is 0 Å². The number of anilines is 1. The van der Waals surface area contributed by atoms with Gasteiger partial charge in [0.15, 0.2) is 5.82 Å². The fourth-order valence-electron chi connectivity index (χ4n) is 4.55. The smallest absolute Gasteiger partial charge is 0.173 e. The summed E-state index contributed by atoms with van der Waals surface area (Å²) in [6.45, 7) is 5.45. The molecule has 0 N–H and O–H groups in total. The van der Waals surface area contributed by atoms with Gasteiger partial charge in [-0.2, -0.15) is 0 Å². The molecule has 0 bridgehead atoms. The van der Waals surface area contributed by atoms with E-state index in [9.17, 15) is 0 Å². The van der Waals surface area contributed by atoms with Crippen molar-refractivity contribution < 1.29 is 4.74 Å². The summed E-state index contributed by atoms with van der Waals surface area (Å²) in [6.07, 6.45) is 2.40. The van der Waals surface area contributed by atoms with Crippen LogP contribution in [0.4, 0.5) is 5.69 Å². The van der Waals surface area contributed by atoms with Crippen LogP contribution in [0.2, 0.25) is 0 Å². The summed E-state index contributed by atoms with van der Waals surface area (Å²) in [6, 6.07) is 21.3. The molecule has 2 atom stereocenters. The van der Waals surface area contributed by atoms with Gasteiger partial charge in [-0.05, 0) is 41.0 Å². The van der Waals surface area contributed by atoms with Gasteiger partial charge in [-0.15, -0.1) is 17.5 Å². The van der Waals surface area contributed by atoms with Crippen molar-refractivity contribution in [1.29, 1.82) is 0 Å². The summed E-state index contributed by atoms with van der Waals surface area (Å²) in [5, 5.41) is 12.8. The molecule has 0 saturated carbocycles. The lowest BCUT2D eigenvalue weighted by Gasteiger charge is -2.40. The van der Waals surface area contributed by atoms with E-state index in [4.69, 9.17) is 4.74 Å². The Morgan fingerprint density at radius 2 is 1.65 bits per heavy atom. The van der Waals surface area contributed by atoms with Gasteiger partial charge in [-0.1, -0.05) is 48.5 Å². The summed E-state index contributed by atoms with van der Waals surface area (Å²) in [7, 11) is 0. The highest BCUT2D eigenvalue weighted by molar-refractivity contribution is 5.85. The molecule has 7 nitrogen and oxygen atoms in total. The van der Waals surface area contributed by atoms with Gasteiger partial charge >= 0.3 is 0 Å². The monoisotopic (exact) mass is 440 g/mol. The van der Waals surface area contributed by atoms with Crippen molar-refractivity contribution >= 4 is 18.1 Å². The third-order valence-electron chi connectivity index (χ3n) is 6.12. The predicted octanol–water partition coefficient (Wildman–Crippen LogP) is 3.19. The van der Waals surface area contributed by atoms with E-state index >= 15 is 0 Å². The van der Waals surface area contributed by atoms with Gasteiger partial charge in [0.25, 0.3) is 0 Å². The van der Waals surface area contributed by atoms with E-state index in [1.165, 1.54) is 11.3 Å². The fraction of sp³-hybridized carbons (Fsp3) is 0.435. The molecule has 164 valence electrons. The molecular formula is C23H29ClN6O. The second-order valence-corrected chi connectivity index (χ2v) is 8.03. The molecule has 0 amide bonds. The standard InChI is InChI=1S/C23H28N6O.ClH/c1-3-8-19(9-4-1)22(23-24-25-26-29(23)18-21-12-7-17-30-21)28-15-13-27(14-16-28)20-10-5-2-6-11-20;/h1-6,8-11,21-22H,7,12-18H2;1H. The molecule has 2 aromatic carbocycles. The molecule has 2 saturated heterocycles. The Labute approximate surface area is 189 Å². The van der Waals surface area contributed by atoms with Crippen molar-refractivity contribution in [2.75, 3.05) is 37.7 Å². The molecule has 0 spiro atoms. The lowest BCUT2D eigenvalue weighted by atomic mass is 10.0. The van der Waals surface area contributed by atoms with E-state index in [2.05, 4.69) is 86.0 Å². The number of piperazine rings is 1. The lowest BCUT2D eigenvalue weighted by Crippen LogP contribution is -2.48. The minimum Gasteiger partial charge on any atom is -0.376 e. The van der Waals surface area contributed by atoms with Crippen LogP contribution >= 0.6 is 12.4 Å². The van der Waals surface area contributed by atoms with Crippen molar-refractivity contribution in [2.45, 2.75) is 31.5 Å². The van der Waals surface area contributed by atoms with Crippen molar-refractivity contribution in [3.05, 3.63) is 72.1 Å². The highest BCUT2D eigenvalue weighted by atomic mass is 35.5. The first kappa shape index (κ1) is 21.7. The largest absolute Gasteiger partial charge is 0.376 e. The summed E-state index contributed by atoms with van der Waals surface area (Å²) in [4.78, 5) is 4.96. The molecular weight excluding hydrogens is 412 g/mol. The Balaban J connectivity index is 0.00000231. The van der Waals surface area contributed by atoms with Crippen LogP contribution in [0, 0.1) is 0 Å². The summed E-state index contributed by atoms with van der Waals surface area (Å²) in [5.74, 6) is 0.907. The number of ether oxygens (including phenoxy) is 1. The average Bonchev–Trinajstić information content (AvgIpc) is 3.49. The minimum atomic E-state index is 0. The molecule has 1 aromatic heterocycles. The maximum absolute atomic E-state index is 5.84. The molecule has 2 aliphatic heterocycles. The first-order chi connectivity index (χ1) is 14.9. The molecule has 31 heavy (non-hydrogen) atoms. The molecule has 5 rings (SSSR count). The average molecular weight is 441 g/mol. The van der Waals surface area contributed by atoms with Crippen molar-refractivity contribution in [1.82, 2.24) is 25.1 Å². The molecule has 8 heteroatoms. The third kappa shape index (κ3) is 4.89. The van der Waals surface area contributed by atoms with Gasteiger partial charge < -0.3 is 9.64 Å². The maximum Gasteiger partial charge on any atom is 0.173 e. The Morgan fingerprint density at radius 1 is 0.935 bits per heavy atom. The first-order valence-corrected chi connectivity index (χ1v) is 10.8. The number of hydrogen-bond donors (Lipinski definition) is 0. The Morgan fingerprint density at radius 3 is 2.32 bits per heavy atom. The van der Waals surface area contributed by atoms with E-state index in [-0.39, 0.29) is 24.6 Å². The highest BCUT2D eigenvalue weighted by Crippen LogP contribution is 2.29. The molecule has 2 fully saturated rings. The molecule has 2 unspecified atom stereocenters. The highest BCUT2D eigenvalue weighted by Gasteiger charge is 2.31. The summed E-state index contributed by atoms with van der Waals surface area (Å²) >= 11 is 0. The van der Waals surface area contributed by atoms with Crippen LogP contribution in [0.25, 0.3) is 0 Å². The summed E-state index contributed by atoms with van der Waals surface area (Å²) in [5.41, 5.74) is 2.52. The first-order valence-electron chi connectivity index (χ1n) is 10.8. The molecule has 3 heterocycles. The van der Waals surface area contributed by atoms with Gasteiger partial charge in [0.1, 0.15) is 0 Å². The number of aromatic nitrogens is 4. The number of halogens is 1. The van der Waals surface area contributed by atoms with Crippen LogP contribution in [0.15, 0.2) is 60.7 Å². The van der Waals surface area contributed by atoms with Crippen LogP contribution < -0.4 is 4.90 Å². The van der Waals surface area contributed by atoms with E-state index < -0.39 is 0 Å². The molecule has 2 aliphatic rings. The Bertz CT molecular complexity index is 924. The topological polar surface area (TPSA) is 59.3 Å². The Kier molecular flexibility index (Phi) is 7.17. The second-order valence-electron chi connectivity index (χ2n) is 8.03. The van der Waals surface area contributed by atoms with E-state index in [0.29, 0.717) is 0 Å².